The van der Waals surface area contributed by atoms with Gasteiger partial charge in [0.2, 0.25) is 0 Å². The quantitative estimate of drug-likeness (QED) is 0.799. The zero-order valence-corrected chi connectivity index (χ0v) is 14.6. The number of anilines is 2. The van der Waals surface area contributed by atoms with E-state index in [1.807, 2.05) is 14.1 Å². The minimum atomic E-state index is -0.339. The highest BCUT2D eigenvalue weighted by Crippen LogP contribution is 2.27. The van der Waals surface area contributed by atoms with Crippen LogP contribution >= 0.6 is 11.6 Å². The van der Waals surface area contributed by atoms with Crippen molar-refractivity contribution in [2.45, 2.75) is 0 Å². The third-order valence-corrected chi connectivity index (χ3v) is 3.47. The van der Waals surface area contributed by atoms with Gasteiger partial charge in [-0.15, -0.1) is 0 Å². The summed E-state index contributed by atoms with van der Waals surface area (Å²) in [6, 6.07) is 6.62. The van der Waals surface area contributed by atoms with Crippen molar-refractivity contribution in [1.29, 1.82) is 0 Å². The van der Waals surface area contributed by atoms with Gasteiger partial charge in [-0.1, -0.05) is 11.6 Å². The molecule has 1 amide bonds. The molecule has 0 saturated carbocycles. The molecule has 8 heteroatoms. The number of nitrogens with one attached hydrogen (secondary N) is 2. The van der Waals surface area contributed by atoms with Gasteiger partial charge in [-0.3, -0.25) is 4.79 Å². The first-order chi connectivity index (χ1) is 11.5. The van der Waals surface area contributed by atoms with Crippen molar-refractivity contribution in [3.8, 4) is 5.75 Å². The number of carbonyl (C=O) groups is 1. The van der Waals surface area contributed by atoms with E-state index in [9.17, 15) is 4.79 Å². The molecule has 1 aromatic carbocycles. The number of aromatic nitrogens is 2. The molecule has 0 aliphatic rings. The number of benzene rings is 1. The topological polar surface area (TPSA) is 79.4 Å². The fourth-order valence-electron chi connectivity index (χ4n) is 1.93. The van der Waals surface area contributed by atoms with E-state index < -0.39 is 0 Å². The number of ether oxygens (including phenoxy) is 1. The van der Waals surface area contributed by atoms with Crippen LogP contribution in [0, 0.1) is 0 Å². The standard InChI is InChI=1S/C16H20ClN5O2/c1-22(2)7-6-18-15-9-13(19-10-20-15)16(23)21-11-4-5-14(24-3)12(17)8-11/h4-5,8-10H,6-7H2,1-3H3,(H,21,23)(H,18,19,20). The first kappa shape index (κ1) is 18.0. The van der Waals surface area contributed by atoms with Crippen LogP contribution in [0.5, 0.6) is 5.75 Å². The van der Waals surface area contributed by atoms with E-state index in [-0.39, 0.29) is 11.6 Å². The van der Waals surface area contributed by atoms with Crippen LogP contribution in [0.2, 0.25) is 5.02 Å². The molecule has 128 valence electrons. The molecular formula is C16H20ClN5O2. The summed E-state index contributed by atoms with van der Waals surface area (Å²) < 4.78 is 5.08. The maximum atomic E-state index is 12.3. The van der Waals surface area contributed by atoms with E-state index in [4.69, 9.17) is 16.3 Å². The van der Waals surface area contributed by atoms with Gasteiger partial charge in [0.25, 0.3) is 5.91 Å². The zero-order chi connectivity index (χ0) is 17.5. The van der Waals surface area contributed by atoms with Crippen LogP contribution in [0.15, 0.2) is 30.6 Å². The molecule has 0 unspecified atom stereocenters. The van der Waals surface area contributed by atoms with Crippen molar-refractivity contribution in [3.05, 3.63) is 41.3 Å². The SMILES string of the molecule is COc1ccc(NC(=O)c2cc(NCCN(C)C)ncn2)cc1Cl. The van der Waals surface area contributed by atoms with Gasteiger partial charge < -0.3 is 20.3 Å². The molecule has 1 aromatic heterocycles. The normalized spacial score (nSPS) is 10.5. The van der Waals surface area contributed by atoms with Crippen LogP contribution < -0.4 is 15.4 Å². The van der Waals surface area contributed by atoms with Crippen molar-refractivity contribution >= 4 is 29.0 Å². The molecule has 1 heterocycles. The summed E-state index contributed by atoms with van der Waals surface area (Å²) in [6.45, 7) is 1.58. The second-order valence-electron chi connectivity index (χ2n) is 5.32. The lowest BCUT2D eigenvalue weighted by Crippen LogP contribution is -2.21. The Morgan fingerprint density at radius 2 is 2.08 bits per heavy atom. The summed E-state index contributed by atoms with van der Waals surface area (Å²) in [5, 5.41) is 6.32. The van der Waals surface area contributed by atoms with Crippen molar-refractivity contribution in [2.24, 2.45) is 0 Å². The van der Waals surface area contributed by atoms with E-state index in [0.717, 1.165) is 13.1 Å². The van der Waals surface area contributed by atoms with Crippen LogP contribution in [0.4, 0.5) is 11.5 Å². The maximum Gasteiger partial charge on any atom is 0.274 e. The van der Waals surface area contributed by atoms with E-state index in [0.29, 0.717) is 22.3 Å². The number of rotatable bonds is 7. The largest absolute Gasteiger partial charge is 0.495 e. The summed E-state index contributed by atoms with van der Waals surface area (Å²) in [6.07, 6.45) is 1.36. The molecule has 0 saturated heterocycles. The molecular weight excluding hydrogens is 330 g/mol. The number of nitrogens with zero attached hydrogens (tertiary/aromatic N) is 3. The van der Waals surface area contributed by atoms with Gasteiger partial charge in [0, 0.05) is 24.8 Å². The van der Waals surface area contributed by atoms with Gasteiger partial charge in [0.05, 0.1) is 12.1 Å². The van der Waals surface area contributed by atoms with Gasteiger partial charge >= 0.3 is 0 Å². The van der Waals surface area contributed by atoms with Crippen LogP contribution in [-0.4, -0.2) is 55.1 Å². The van der Waals surface area contributed by atoms with E-state index >= 15 is 0 Å². The van der Waals surface area contributed by atoms with Gasteiger partial charge in [0.15, 0.2) is 0 Å². The predicted molar refractivity (Wildman–Crippen MR) is 95.0 cm³/mol. The first-order valence-electron chi connectivity index (χ1n) is 7.35. The number of methoxy groups -OCH3 is 1. The minimum absolute atomic E-state index is 0.268. The van der Waals surface area contributed by atoms with Crippen molar-refractivity contribution in [3.63, 3.8) is 0 Å². The van der Waals surface area contributed by atoms with E-state index in [1.165, 1.54) is 13.4 Å². The van der Waals surface area contributed by atoms with Gasteiger partial charge in [-0.05, 0) is 32.3 Å². The van der Waals surface area contributed by atoms with Gasteiger partial charge in [-0.25, -0.2) is 9.97 Å². The fourth-order valence-corrected chi connectivity index (χ4v) is 2.18. The lowest BCUT2D eigenvalue weighted by atomic mass is 10.3. The molecule has 0 atom stereocenters. The Bertz CT molecular complexity index is 709. The first-order valence-corrected chi connectivity index (χ1v) is 7.73. The Morgan fingerprint density at radius 3 is 2.75 bits per heavy atom. The summed E-state index contributed by atoms with van der Waals surface area (Å²) in [5.74, 6) is 0.808. The summed E-state index contributed by atoms with van der Waals surface area (Å²) >= 11 is 6.05. The molecule has 2 N–H and O–H groups in total. The van der Waals surface area contributed by atoms with Crippen molar-refractivity contribution < 1.29 is 9.53 Å². The number of hydrogen-bond donors (Lipinski definition) is 2. The van der Waals surface area contributed by atoms with E-state index in [1.54, 1.807) is 24.3 Å². The molecule has 2 aromatic rings. The second-order valence-corrected chi connectivity index (χ2v) is 5.73. The van der Waals surface area contributed by atoms with Crippen molar-refractivity contribution in [1.82, 2.24) is 14.9 Å². The van der Waals surface area contributed by atoms with E-state index in [2.05, 4.69) is 25.5 Å². The number of likely N-dealkylation sites (N-methyl/N-ethyl adjacent to an activating group) is 1. The minimum Gasteiger partial charge on any atom is -0.495 e. The molecule has 7 nitrogen and oxygen atoms in total. The van der Waals surface area contributed by atoms with Gasteiger partial charge in [-0.2, -0.15) is 0 Å². The number of carbonyl (C=O) groups excluding carboxylic acids is 1. The van der Waals surface area contributed by atoms with Crippen LogP contribution in [0.1, 0.15) is 10.5 Å². The van der Waals surface area contributed by atoms with Crippen LogP contribution in [-0.2, 0) is 0 Å². The monoisotopic (exact) mass is 349 g/mol. The summed E-state index contributed by atoms with van der Waals surface area (Å²) in [4.78, 5) is 22.5. The lowest BCUT2D eigenvalue weighted by Gasteiger charge is -2.11. The molecule has 0 spiro atoms. The third kappa shape index (κ3) is 5.07. The van der Waals surface area contributed by atoms with Crippen LogP contribution in [0.25, 0.3) is 0 Å². The Hall–Kier alpha value is -2.38. The van der Waals surface area contributed by atoms with Crippen LogP contribution in [0.3, 0.4) is 0 Å². The molecule has 0 aliphatic carbocycles. The lowest BCUT2D eigenvalue weighted by molar-refractivity contribution is 0.102. The predicted octanol–water partition coefficient (Wildman–Crippen LogP) is 2.36. The molecule has 0 aliphatic heterocycles. The molecule has 0 bridgehead atoms. The smallest absolute Gasteiger partial charge is 0.274 e. The average molecular weight is 350 g/mol. The Kier molecular flexibility index (Phi) is 6.34. The highest BCUT2D eigenvalue weighted by molar-refractivity contribution is 6.32. The fraction of sp³-hybridized carbons (Fsp3) is 0.312. The molecule has 2 rings (SSSR count). The highest BCUT2D eigenvalue weighted by Gasteiger charge is 2.10. The maximum absolute atomic E-state index is 12.3. The molecule has 0 fully saturated rings. The molecule has 24 heavy (non-hydrogen) atoms. The van der Waals surface area contributed by atoms with Gasteiger partial charge in [0.1, 0.15) is 23.6 Å². The second kappa shape index (κ2) is 8.47. The summed E-state index contributed by atoms with van der Waals surface area (Å²) in [5.41, 5.74) is 0.829. The Labute approximate surface area is 146 Å². The molecule has 0 radical (unpaired) electrons. The average Bonchev–Trinajstić information content (AvgIpc) is 2.55. The number of hydrogen-bond acceptors (Lipinski definition) is 6. The van der Waals surface area contributed by atoms with Crippen molar-refractivity contribution in [2.75, 3.05) is 44.9 Å². The summed E-state index contributed by atoms with van der Waals surface area (Å²) in [7, 11) is 5.51. The Balaban J connectivity index is 2.03. The highest BCUT2D eigenvalue weighted by atomic mass is 35.5. The Morgan fingerprint density at radius 1 is 1.29 bits per heavy atom. The zero-order valence-electron chi connectivity index (χ0n) is 13.8. The third-order valence-electron chi connectivity index (χ3n) is 3.17. The number of amides is 1. The number of halogens is 1.